The van der Waals surface area contributed by atoms with Gasteiger partial charge in [-0.1, -0.05) is 6.42 Å². The number of carbonyl (C=O) groups excluding carboxylic acids is 1. The lowest BCUT2D eigenvalue weighted by Crippen LogP contribution is -2.33. The first kappa shape index (κ1) is 22.4. The first-order chi connectivity index (χ1) is 16.1. The zero-order chi connectivity index (χ0) is 23.0. The number of anilines is 4. The maximum Gasteiger partial charge on any atom is 0.349 e. The average molecular weight is 452 g/mol. The van der Waals surface area contributed by atoms with Crippen molar-refractivity contribution in [2.45, 2.75) is 19.3 Å². The molecule has 1 fully saturated rings. The molecule has 0 atom stereocenters. The predicted octanol–water partition coefficient (Wildman–Crippen LogP) is 3.56. The first-order valence-corrected chi connectivity index (χ1v) is 11.0. The largest absolute Gasteiger partial charge is 0.497 e. The number of hydrogen-bond acceptors (Lipinski definition) is 8. The number of nitrogens with one attached hydrogen (secondary N) is 2. The molecule has 0 aliphatic carbocycles. The Kier molecular flexibility index (Phi) is 7.26. The molecule has 1 saturated heterocycles. The Hall–Kier alpha value is -3.79. The number of carbonyl (C=O) groups is 1. The Bertz CT molecular complexity index is 1040. The molecule has 10 nitrogen and oxygen atoms in total. The van der Waals surface area contributed by atoms with Crippen molar-refractivity contribution in [1.82, 2.24) is 19.7 Å². The van der Waals surface area contributed by atoms with Gasteiger partial charge in [0.1, 0.15) is 18.1 Å². The molecule has 33 heavy (non-hydrogen) atoms. The number of aromatic nitrogens is 3. The fraction of sp³-hybridized carbons (Fsp3) is 0.348. The quantitative estimate of drug-likeness (QED) is 0.476. The molecule has 1 aliphatic rings. The van der Waals surface area contributed by atoms with E-state index in [0.29, 0.717) is 18.0 Å². The summed E-state index contributed by atoms with van der Waals surface area (Å²) in [4.78, 5) is 19.3. The average Bonchev–Trinajstić information content (AvgIpc) is 3.21. The van der Waals surface area contributed by atoms with E-state index in [-0.39, 0.29) is 11.9 Å². The number of ether oxygens (including phenoxy) is 2. The van der Waals surface area contributed by atoms with Crippen molar-refractivity contribution in [2.75, 3.05) is 49.7 Å². The molecule has 174 valence electrons. The van der Waals surface area contributed by atoms with Crippen LogP contribution in [0.4, 0.5) is 28.1 Å². The van der Waals surface area contributed by atoms with E-state index in [1.807, 2.05) is 24.3 Å². The highest BCUT2D eigenvalue weighted by molar-refractivity contribution is 5.92. The molecule has 4 rings (SSSR count). The topological polar surface area (TPSA) is 120 Å². The fourth-order valence-electron chi connectivity index (χ4n) is 3.64. The van der Waals surface area contributed by atoms with Crippen LogP contribution in [0.25, 0.3) is 0 Å². The van der Waals surface area contributed by atoms with Crippen LogP contribution in [0.5, 0.6) is 11.5 Å². The minimum atomic E-state index is -0.496. The lowest BCUT2D eigenvalue weighted by molar-refractivity contribution is 0.183. The second-order valence-electron chi connectivity index (χ2n) is 7.76. The highest BCUT2D eigenvalue weighted by Gasteiger charge is 2.16. The Morgan fingerprint density at radius 2 is 1.67 bits per heavy atom. The van der Waals surface area contributed by atoms with E-state index >= 15 is 0 Å². The van der Waals surface area contributed by atoms with Crippen LogP contribution in [0.2, 0.25) is 0 Å². The number of nitrogen functional groups attached to an aromatic ring is 1. The molecular weight excluding hydrogens is 422 g/mol. The number of nitrogens with zero attached hydrogens (tertiary/aromatic N) is 4. The molecule has 3 aromatic rings. The number of hydrogen-bond donors (Lipinski definition) is 3. The van der Waals surface area contributed by atoms with E-state index < -0.39 is 6.03 Å². The van der Waals surface area contributed by atoms with Gasteiger partial charge < -0.3 is 25.8 Å². The third kappa shape index (κ3) is 6.13. The summed E-state index contributed by atoms with van der Waals surface area (Å²) in [5.74, 6) is 1.67. The normalized spacial score (nSPS) is 14.0. The summed E-state index contributed by atoms with van der Waals surface area (Å²) in [5, 5.41) is 9.83. The summed E-state index contributed by atoms with van der Waals surface area (Å²) in [6.45, 7) is 3.90. The molecule has 4 N–H and O–H groups in total. The second kappa shape index (κ2) is 10.7. The summed E-state index contributed by atoms with van der Waals surface area (Å²) in [5.41, 5.74) is 7.05. The third-order valence-electron chi connectivity index (χ3n) is 5.39. The maximum absolute atomic E-state index is 12.7. The van der Waals surface area contributed by atoms with Gasteiger partial charge in [0.05, 0.1) is 7.11 Å². The van der Waals surface area contributed by atoms with Gasteiger partial charge in [-0.2, -0.15) is 4.98 Å². The molecule has 2 aromatic carbocycles. The SMILES string of the molecule is COc1ccc(NC(=O)n2nc(N)nc2Nc2ccc(OCCN3CCCCC3)cc2)cc1. The van der Waals surface area contributed by atoms with Gasteiger partial charge in [0.2, 0.25) is 11.9 Å². The van der Waals surface area contributed by atoms with Gasteiger partial charge in [0.25, 0.3) is 0 Å². The minimum Gasteiger partial charge on any atom is -0.497 e. The van der Waals surface area contributed by atoms with E-state index in [1.54, 1.807) is 31.4 Å². The number of piperidine rings is 1. The van der Waals surface area contributed by atoms with E-state index in [4.69, 9.17) is 15.2 Å². The Morgan fingerprint density at radius 1 is 1.00 bits per heavy atom. The van der Waals surface area contributed by atoms with Crippen LogP contribution >= 0.6 is 0 Å². The summed E-state index contributed by atoms with van der Waals surface area (Å²) in [6, 6.07) is 13.9. The minimum absolute atomic E-state index is 0.0138. The molecule has 2 heterocycles. The van der Waals surface area contributed by atoms with E-state index in [9.17, 15) is 4.79 Å². The molecule has 0 radical (unpaired) electrons. The standard InChI is InChI=1S/C23H29N7O3/c1-32-19-9-5-18(6-10-19)26-23(31)30-22(27-21(24)28-30)25-17-7-11-20(12-8-17)33-16-15-29-13-3-2-4-14-29/h5-12H,2-4,13-16H2,1H3,(H,26,31)(H3,24,25,27,28). The van der Waals surface area contributed by atoms with Crippen LogP contribution in [0.1, 0.15) is 19.3 Å². The second-order valence-corrected chi connectivity index (χ2v) is 7.76. The summed E-state index contributed by atoms with van der Waals surface area (Å²) in [7, 11) is 1.58. The van der Waals surface area contributed by atoms with Gasteiger partial charge in [-0.25, -0.2) is 4.79 Å². The van der Waals surface area contributed by atoms with Crippen molar-refractivity contribution in [2.24, 2.45) is 0 Å². The summed E-state index contributed by atoms with van der Waals surface area (Å²) in [6.07, 6.45) is 3.87. The van der Waals surface area contributed by atoms with Crippen LogP contribution in [-0.2, 0) is 0 Å². The molecule has 0 bridgehead atoms. The van der Waals surface area contributed by atoms with Crippen molar-refractivity contribution >= 4 is 29.3 Å². The number of amides is 1. The highest BCUT2D eigenvalue weighted by atomic mass is 16.5. The van der Waals surface area contributed by atoms with Crippen LogP contribution in [0.3, 0.4) is 0 Å². The van der Waals surface area contributed by atoms with Gasteiger partial charge >= 0.3 is 6.03 Å². The Morgan fingerprint density at radius 3 is 2.36 bits per heavy atom. The van der Waals surface area contributed by atoms with Gasteiger partial charge in [0, 0.05) is 17.9 Å². The number of likely N-dealkylation sites (tertiary alicyclic amines) is 1. The molecule has 0 unspecified atom stereocenters. The lowest BCUT2D eigenvalue weighted by atomic mass is 10.1. The van der Waals surface area contributed by atoms with Crippen LogP contribution in [0.15, 0.2) is 48.5 Å². The third-order valence-corrected chi connectivity index (χ3v) is 5.39. The van der Waals surface area contributed by atoms with Crippen molar-refractivity contribution < 1.29 is 14.3 Å². The molecule has 1 aliphatic heterocycles. The summed E-state index contributed by atoms with van der Waals surface area (Å²) < 4.78 is 12.1. The molecule has 1 aromatic heterocycles. The van der Waals surface area contributed by atoms with Gasteiger partial charge in [0.15, 0.2) is 0 Å². The molecule has 1 amide bonds. The van der Waals surface area contributed by atoms with E-state index in [1.165, 1.54) is 19.3 Å². The number of nitrogens with two attached hydrogens (primary N) is 1. The lowest BCUT2D eigenvalue weighted by Gasteiger charge is -2.26. The van der Waals surface area contributed by atoms with Crippen LogP contribution < -0.4 is 25.8 Å². The van der Waals surface area contributed by atoms with Crippen molar-refractivity contribution in [3.05, 3.63) is 48.5 Å². The van der Waals surface area contributed by atoms with Crippen molar-refractivity contribution in [1.29, 1.82) is 0 Å². The van der Waals surface area contributed by atoms with Crippen LogP contribution in [0, 0.1) is 0 Å². The van der Waals surface area contributed by atoms with Gasteiger partial charge in [-0.3, -0.25) is 4.90 Å². The number of methoxy groups -OCH3 is 1. The van der Waals surface area contributed by atoms with Gasteiger partial charge in [-0.15, -0.1) is 9.78 Å². The Labute approximate surface area is 192 Å². The zero-order valence-corrected chi connectivity index (χ0v) is 18.7. The van der Waals surface area contributed by atoms with Crippen molar-refractivity contribution in [3.63, 3.8) is 0 Å². The van der Waals surface area contributed by atoms with Crippen LogP contribution in [-0.4, -0.2) is 59.0 Å². The number of rotatable bonds is 8. The molecule has 0 spiro atoms. The first-order valence-electron chi connectivity index (χ1n) is 11.0. The molecular formula is C23H29N7O3. The molecule has 10 heteroatoms. The Balaban J connectivity index is 1.34. The number of benzene rings is 2. The van der Waals surface area contributed by atoms with Crippen molar-refractivity contribution in [3.8, 4) is 11.5 Å². The highest BCUT2D eigenvalue weighted by Crippen LogP contribution is 2.21. The zero-order valence-electron chi connectivity index (χ0n) is 18.7. The predicted molar refractivity (Wildman–Crippen MR) is 127 cm³/mol. The monoisotopic (exact) mass is 451 g/mol. The molecule has 0 saturated carbocycles. The summed E-state index contributed by atoms with van der Waals surface area (Å²) >= 11 is 0. The maximum atomic E-state index is 12.7. The smallest absolute Gasteiger partial charge is 0.349 e. The van der Waals surface area contributed by atoms with E-state index in [2.05, 4.69) is 25.6 Å². The van der Waals surface area contributed by atoms with E-state index in [0.717, 1.165) is 35.8 Å². The van der Waals surface area contributed by atoms with Gasteiger partial charge in [-0.05, 0) is 74.5 Å². The fourth-order valence-corrected chi connectivity index (χ4v) is 3.64.